The third-order valence-electron chi connectivity index (χ3n) is 3.32. The third-order valence-corrected chi connectivity index (χ3v) is 3.56. The van der Waals surface area contributed by atoms with Gasteiger partial charge in [-0.05, 0) is 25.1 Å². The maximum atomic E-state index is 6.09. The fourth-order valence-corrected chi connectivity index (χ4v) is 2.52. The van der Waals surface area contributed by atoms with Crippen LogP contribution in [-0.4, -0.2) is 14.8 Å². The van der Waals surface area contributed by atoms with Gasteiger partial charge in [0.2, 0.25) is 0 Å². The molecule has 0 aliphatic carbocycles. The maximum Gasteiger partial charge on any atom is 0.145 e. The highest BCUT2D eigenvalue weighted by Gasteiger charge is 2.15. The minimum absolute atomic E-state index is 0.489. The van der Waals surface area contributed by atoms with E-state index >= 15 is 0 Å². The van der Waals surface area contributed by atoms with Crippen LogP contribution >= 0.6 is 11.6 Å². The summed E-state index contributed by atoms with van der Waals surface area (Å²) in [6.45, 7) is 2.07. The van der Waals surface area contributed by atoms with Gasteiger partial charge in [0.25, 0.3) is 0 Å². The SMILES string of the molecule is Cc1c(-c2cc(N)n[nH]2)c2cc(Cl)ccc2n1C. The molecule has 0 fully saturated rings. The van der Waals surface area contributed by atoms with Crippen LogP contribution in [0.15, 0.2) is 24.3 Å². The predicted octanol–water partition coefficient (Wildman–Crippen LogP) is 3.11. The molecule has 2 heterocycles. The molecule has 5 heteroatoms. The smallest absolute Gasteiger partial charge is 0.145 e. The lowest BCUT2D eigenvalue weighted by atomic mass is 10.1. The van der Waals surface area contributed by atoms with Crippen LogP contribution in [0.5, 0.6) is 0 Å². The molecule has 0 radical (unpaired) electrons. The molecule has 0 spiro atoms. The molecule has 0 bridgehead atoms. The second-order valence-electron chi connectivity index (χ2n) is 4.39. The number of rotatable bonds is 1. The van der Waals surface area contributed by atoms with Gasteiger partial charge in [0.05, 0.1) is 5.69 Å². The van der Waals surface area contributed by atoms with Crippen LogP contribution in [0, 0.1) is 6.92 Å². The zero-order chi connectivity index (χ0) is 12.9. The summed E-state index contributed by atoms with van der Waals surface area (Å²) in [4.78, 5) is 0. The number of hydrogen-bond acceptors (Lipinski definition) is 2. The molecule has 0 aliphatic rings. The van der Waals surface area contributed by atoms with Crippen molar-refractivity contribution >= 4 is 28.3 Å². The van der Waals surface area contributed by atoms with Gasteiger partial charge in [0, 0.05) is 40.3 Å². The summed E-state index contributed by atoms with van der Waals surface area (Å²) in [7, 11) is 2.04. The second-order valence-corrected chi connectivity index (χ2v) is 4.82. The Hall–Kier alpha value is -1.94. The average Bonchev–Trinajstić information content (AvgIpc) is 2.84. The Morgan fingerprint density at radius 3 is 2.78 bits per heavy atom. The number of fused-ring (bicyclic) bond motifs is 1. The quantitative estimate of drug-likeness (QED) is 0.706. The molecule has 4 nitrogen and oxygen atoms in total. The van der Waals surface area contributed by atoms with Crippen LogP contribution in [0.25, 0.3) is 22.2 Å². The number of aromatic amines is 1. The van der Waals surface area contributed by atoms with E-state index in [2.05, 4.69) is 21.7 Å². The molecule has 0 atom stereocenters. The summed E-state index contributed by atoms with van der Waals surface area (Å²) < 4.78 is 2.14. The van der Waals surface area contributed by atoms with E-state index in [9.17, 15) is 0 Å². The van der Waals surface area contributed by atoms with Gasteiger partial charge in [-0.3, -0.25) is 5.10 Å². The maximum absolute atomic E-state index is 6.09. The molecule has 3 N–H and O–H groups in total. The van der Waals surface area contributed by atoms with Crippen LogP contribution in [0.4, 0.5) is 5.82 Å². The largest absolute Gasteiger partial charge is 0.382 e. The van der Waals surface area contributed by atoms with Crippen LogP contribution in [0.1, 0.15) is 5.69 Å². The summed E-state index contributed by atoms with van der Waals surface area (Å²) in [5.41, 5.74) is 9.97. The fourth-order valence-electron chi connectivity index (χ4n) is 2.35. The van der Waals surface area contributed by atoms with Gasteiger partial charge in [0.1, 0.15) is 5.82 Å². The summed E-state index contributed by atoms with van der Waals surface area (Å²) in [6, 6.07) is 7.72. The number of nitrogens with two attached hydrogens (primary N) is 1. The minimum Gasteiger partial charge on any atom is -0.382 e. The van der Waals surface area contributed by atoms with Gasteiger partial charge in [-0.1, -0.05) is 11.6 Å². The van der Waals surface area contributed by atoms with Crippen LogP contribution in [0.3, 0.4) is 0 Å². The van der Waals surface area contributed by atoms with E-state index in [1.807, 2.05) is 31.3 Å². The lowest BCUT2D eigenvalue weighted by Crippen LogP contribution is -1.90. The number of benzene rings is 1. The number of nitrogen functional groups attached to an aromatic ring is 1. The molecule has 0 saturated heterocycles. The molecule has 2 aromatic heterocycles. The summed E-state index contributed by atoms with van der Waals surface area (Å²) >= 11 is 6.09. The standard InChI is InChI=1S/C13H13ClN4/c1-7-13(10-6-12(15)17-16-10)9-5-8(14)3-4-11(9)18(7)2/h3-6H,1-2H3,(H3,15,16,17). The van der Waals surface area contributed by atoms with E-state index in [0.717, 1.165) is 32.9 Å². The van der Waals surface area contributed by atoms with E-state index in [4.69, 9.17) is 17.3 Å². The van der Waals surface area contributed by atoms with Crippen LogP contribution in [0.2, 0.25) is 5.02 Å². The fraction of sp³-hybridized carbons (Fsp3) is 0.154. The van der Waals surface area contributed by atoms with Gasteiger partial charge in [0.15, 0.2) is 0 Å². The first-order valence-corrected chi connectivity index (χ1v) is 6.01. The third kappa shape index (κ3) is 1.49. The number of nitrogens with one attached hydrogen (secondary N) is 1. The van der Waals surface area contributed by atoms with E-state index in [-0.39, 0.29) is 0 Å². The Morgan fingerprint density at radius 2 is 2.11 bits per heavy atom. The number of halogens is 1. The zero-order valence-corrected chi connectivity index (χ0v) is 10.9. The lowest BCUT2D eigenvalue weighted by molar-refractivity contribution is 0.918. The van der Waals surface area contributed by atoms with E-state index in [1.165, 1.54) is 0 Å². The van der Waals surface area contributed by atoms with Crippen molar-refractivity contribution in [3.63, 3.8) is 0 Å². The summed E-state index contributed by atoms with van der Waals surface area (Å²) in [6.07, 6.45) is 0. The van der Waals surface area contributed by atoms with Crippen molar-refractivity contribution in [1.29, 1.82) is 0 Å². The number of hydrogen-bond donors (Lipinski definition) is 2. The van der Waals surface area contributed by atoms with E-state index < -0.39 is 0 Å². The molecular weight excluding hydrogens is 248 g/mol. The first kappa shape index (κ1) is 11.2. The molecule has 0 amide bonds. The first-order chi connectivity index (χ1) is 8.58. The van der Waals surface area contributed by atoms with Crippen molar-refractivity contribution in [2.75, 3.05) is 5.73 Å². The summed E-state index contributed by atoms with van der Waals surface area (Å²) in [5, 5.41) is 8.77. The Bertz CT molecular complexity index is 739. The van der Waals surface area contributed by atoms with Gasteiger partial charge >= 0.3 is 0 Å². The van der Waals surface area contributed by atoms with Crippen molar-refractivity contribution in [2.24, 2.45) is 7.05 Å². The van der Waals surface area contributed by atoms with Crippen molar-refractivity contribution in [3.05, 3.63) is 35.0 Å². The van der Waals surface area contributed by atoms with Crippen molar-refractivity contribution in [1.82, 2.24) is 14.8 Å². The number of anilines is 1. The highest BCUT2D eigenvalue weighted by atomic mass is 35.5. The monoisotopic (exact) mass is 260 g/mol. The molecule has 0 saturated carbocycles. The van der Waals surface area contributed by atoms with Gasteiger partial charge in [-0.25, -0.2) is 0 Å². The predicted molar refractivity (Wildman–Crippen MR) is 74.7 cm³/mol. The Kier molecular flexibility index (Phi) is 2.35. The van der Waals surface area contributed by atoms with Crippen molar-refractivity contribution in [3.8, 4) is 11.3 Å². The second kappa shape index (κ2) is 3.78. The molecule has 1 aromatic carbocycles. The normalized spacial score (nSPS) is 11.3. The minimum atomic E-state index is 0.489. The van der Waals surface area contributed by atoms with E-state index in [0.29, 0.717) is 5.82 Å². The number of aromatic nitrogens is 3. The first-order valence-electron chi connectivity index (χ1n) is 5.63. The zero-order valence-electron chi connectivity index (χ0n) is 10.2. The number of nitrogens with zero attached hydrogens (tertiary/aromatic N) is 2. The van der Waals surface area contributed by atoms with Crippen LogP contribution < -0.4 is 5.73 Å². The Labute approximate surface area is 109 Å². The Morgan fingerprint density at radius 1 is 1.33 bits per heavy atom. The average molecular weight is 261 g/mol. The van der Waals surface area contributed by atoms with Crippen molar-refractivity contribution < 1.29 is 0 Å². The highest BCUT2D eigenvalue weighted by molar-refractivity contribution is 6.31. The van der Waals surface area contributed by atoms with Crippen LogP contribution in [-0.2, 0) is 7.05 Å². The molecule has 3 rings (SSSR count). The molecule has 18 heavy (non-hydrogen) atoms. The topological polar surface area (TPSA) is 59.6 Å². The van der Waals surface area contributed by atoms with Gasteiger partial charge in [-0.15, -0.1) is 0 Å². The van der Waals surface area contributed by atoms with Crippen molar-refractivity contribution in [2.45, 2.75) is 6.92 Å². The summed E-state index contributed by atoms with van der Waals surface area (Å²) in [5.74, 6) is 0.489. The number of aryl methyl sites for hydroxylation is 1. The number of H-pyrrole nitrogens is 1. The molecule has 0 aliphatic heterocycles. The molecular formula is C13H13ClN4. The van der Waals surface area contributed by atoms with Gasteiger partial charge < -0.3 is 10.3 Å². The Balaban J connectivity index is 2.40. The van der Waals surface area contributed by atoms with E-state index in [1.54, 1.807) is 0 Å². The van der Waals surface area contributed by atoms with Gasteiger partial charge in [-0.2, -0.15) is 5.10 Å². The lowest BCUT2D eigenvalue weighted by Gasteiger charge is -1.98. The molecule has 3 aromatic rings. The highest BCUT2D eigenvalue weighted by Crippen LogP contribution is 2.34. The molecule has 92 valence electrons. The molecule has 0 unspecified atom stereocenters.